The lowest BCUT2D eigenvalue weighted by Crippen LogP contribution is -2.11. The molecule has 150 valence electrons. The summed E-state index contributed by atoms with van der Waals surface area (Å²) >= 11 is 0. The molecule has 0 aliphatic carbocycles. The van der Waals surface area contributed by atoms with Crippen LogP contribution in [0.1, 0.15) is 23.5 Å². The van der Waals surface area contributed by atoms with Crippen LogP contribution in [0.5, 0.6) is 5.75 Å². The van der Waals surface area contributed by atoms with E-state index >= 15 is 0 Å². The number of anilines is 1. The van der Waals surface area contributed by atoms with E-state index in [9.17, 15) is 5.11 Å². The molecule has 3 N–H and O–H groups in total. The fourth-order valence-electron chi connectivity index (χ4n) is 3.13. The number of rotatable bonds is 4. The van der Waals surface area contributed by atoms with Crippen LogP contribution < -0.4 is 10.6 Å². The highest BCUT2D eigenvalue weighted by atomic mass is 35.5. The van der Waals surface area contributed by atoms with Crippen LogP contribution in [0.25, 0.3) is 11.4 Å². The molecule has 7 nitrogen and oxygen atoms in total. The van der Waals surface area contributed by atoms with Gasteiger partial charge in [0.25, 0.3) is 0 Å². The van der Waals surface area contributed by atoms with Crippen molar-refractivity contribution in [1.29, 1.82) is 0 Å². The average molecular weight is 423 g/mol. The molecule has 0 amide bonds. The van der Waals surface area contributed by atoms with Crippen molar-refractivity contribution in [1.82, 2.24) is 25.1 Å². The van der Waals surface area contributed by atoms with Gasteiger partial charge < -0.3 is 15.7 Å². The lowest BCUT2D eigenvalue weighted by Gasteiger charge is -2.09. The summed E-state index contributed by atoms with van der Waals surface area (Å²) in [5.74, 6) is 1.40. The third-order valence-electron chi connectivity index (χ3n) is 4.39. The maximum absolute atomic E-state index is 10.1. The molecule has 0 spiro atoms. The first-order chi connectivity index (χ1) is 12.7. The number of hydrogen-bond donors (Lipinski definition) is 3. The molecule has 9 heteroatoms. The average Bonchev–Trinajstić information content (AvgIpc) is 2.89. The maximum atomic E-state index is 10.1. The van der Waals surface area contributed by atoms with E-state index < -0.39 is 0 Å². The van der Waals surface area contributed by atoms with Gasteiger partial charge >= 0.3 is 0 Å². The number of benzene rings is 1. The van der Waals surface area contributed by atoms with E-state index in [0.29, 0.717) is 17.9 Å². The molecule has 3 heterocycles. The Bertz CT molecular complexity index is 907. The Morgan fingerprint density at radius 1 is 1.18 bits per heavy atom. The fourth-order valence-corrected chi connectivity index (χ4v) is 3.13. The number of nitrogens with one attached hydrogen (secondary N) is 2. The molecule has 0 saturated carbocycles. The van der Waals surface area contributed by atoms with Crippen molar-refractivity contribution in [3.63, 3.8) is 0 Å². The van der Waals surface area contributed by atoms with Gasteiger partial charge in [0, 0.05) is 24.8 Å². The van der Waals surface area contributed by atoms with Crippen LogP contribution in [0.15, 0.2) is 36.4 Å². The van der Waals surface area contributed by atoms with Gasteiger partial charge in [0.2, 0.25) is 0 Å². The Morgan fingerprint density at radius 3 is 2.82 bits per heavy atom. The normalized spacial score (nSPS) is 12.9. The molecular formula is C19H24Cl2N6O. The number of nitrogens with zero attached hydrogens (tertiary/aromatic N) is 4. The molecule has 0 unspecified atom stereocenters. The lowest BCUT2D eigenvalue weighted by molar-refractivity contribution is 0.477. The summed E-state index contributed by atoms with van der Waals surface area (Å²) in [4.78, 5) is 8.99. The number of aromatic hydroxyl groups is 1. The second-order valence-corrected chi connectivity index (χ2v) is 6.47. The van der Waals surface area contributed by atoms with Crippen molar-refractivity contribution < 1.29 is 5.11 Å². The minimum absolute atomic E-state index is 0. The molecule has 3 aromatic rings. The zero-order valence-corrected chi connectivity index (χ0v) is 17.2. The van der Waals surface area contributed by atoms with Gasteiger partial charge in [0.05, 0.1) is 23.5 Å². The molecule has 4 rings (SSSR count). The standard InChI is InChI=1S/C19H22N6O.2ClH/c1-13-9-18(23-19(22-13)16-5-2-3-6-17(16)26)21-11-14-10-15-12-20-7-4-8-25(15)24-14;;/h2-3,5-6,9-10,20,26H,4,7-8,11-12H2,1H3,(H,21,22,23);2*1H. The third kappa shape index (κ3) is 4.92. The zero-order valence-electron chi connectivity index (χ0n) is 15.6. The van der Waals surface area contributed by atoms with Gasteiger partial charge in [-0.1, -0.05) is 12.1 Å². The predicted molar refractivity (Wildman–Crippen MR) is 114 cm³/mol. The summed E-state index contributed by atoms with van der Waals surface area (Å²) < 4.78 is 2.08. The first-order valence-corrected chi connectivity index (χ1v) is 8.83. The highest BCUT2D eigenvalue weighted by molar-refractivity contribution is 5.85. The van der Waals surface area contributed by atoms with Crippen LogP contribution in [-0.4, -0.2) is 31.4 Å². The Balaban J connectivity index is 0.00000140. The van der Waals surface area contributed by atoms with Crippen LogP contribution >= 0.6 is 24.8 Å². The predicted octanol–water partition coefficient (Wildman–Crippen LogP) is 3.30. The monoisotopic (exact) mass is 422 g/mol. The molecule has 0 radical (unpaired) electrons. The van der Waals surface area contributed by atoms with Crippen LogP contribution in [0, 0.1) is 6.92 Å². The van der Waals surface area contributed by atoms with Crippen LogP contribution in [-0.2, 0) is 19.6 Å². The Morgan fingerprint density at radius 2 is 2.00 bits per heavy atom. The van der Waals surface area contributed by atoms with Crippen molar-refractivity contribution in [3.05, 3.63) is 53.5 Å². The molecule has 2 aromatic heterocycles. The van der Waals surface area contributed by atoms with Crippen molar-refractivity contribution in [2.75, 3.05) is 11.9 Å². The second kappa shape index (κ2) is 9.73. The van der Waals surface area contributed by atoms with Crippen LogP contribution in [0.3, 0.4) is 0 Å². The fraction of sp³-hybridized carbons (Fsp3) is 0.316. The van der Waals surface area contributed by atoms with E-state index in [1.165, 1.54) is 5.69 Å². The largest absolute Gasteiger partial charge is 0.507 e. The first kappa shape index (κ1) is 21.9. The number of hydrogen-bond acceptors (Lipinski definition) is 6. The molecule has 1 aliphatic heterocycles. The van der Waals surface area contributed by atoms with Gasteiger partial charge in [-0.3, -0.25) is 4.68 Å². The minimum Gasteiger partial charge on any atom is -0.507 e. The van der Waals surface area contributed by atoms with E-state index in [-0.39, 0.29) is 30.6 Å². The van der Waals surface area contributed by atoms with Crippen LogP contribution in [0.2, 0.25) is 0 Å². The zero-order chi connectivity index (χ0) is 17.9. The lowest BCUT2D eigenvalue weighted by atomic mass is 10.2. The van der Waals surface area contributed by atoms with E-state index in [2.05, 4.69) is 36.4 Å². The van der Waals surface area contributed by atoms with Gasteiger partial charge in [-0.15, -0.1) is 24.8 Å². The third-order valence-corrected chi connectivity index (χ3v) is 4.39. The minimum atomic E-state index is 0. The molecule has 1 aromatic carbocycles. The molecule has 0 atom stereocenters. The van der Waals surface area contributed by atoms with E-state index in [0.717, 1.165) is 43.3 Å². The Hall–Kier alpha value is -2.35. The maximum Gasteiger partial charge on any atom is 0.165 e. The van der Waals surface area contributed by atoms with Crippen molar-refractivity contribution in [2.24, 2.45) is 0 Å². The number of halogens is 2. The summed E-state index contributed by atoms with van der Waals surface area (Å²) in [5.41, 5.74) is 3.67. The molecule has 28 heavy (non-hydrogen) atoms. The number of aromatic nitrogens is 4. The Kier molecular flexibility index (Phi) is 7.62. The topological polar surface area (TPSA) is 87.9 Å². The van der Waals surface area contributed by atoms with Gasteiger partial charge in [0.15, 0.2) is 5.82 Å². The van der Waals surface area contributed by atoms with Gasteiger partial charge in [0.1, 0.15) is 11.6 Å². The smallest absolute Gasteiger partial charge is 0.165 e. The number of phenols is 1. The summed E-state index contributed by atoms with van der Waals surface area (Å²) in [6, 6.07) is 11.1. The molecule has 1 aliphatic rings. The number of phenolic OH excluding ortho intramolecular Hbond substituents is 1. The van der Waals surface area contributed by atoms with Gasteiger partial charge in [-0.25, -0.2) is 9.97 Å². The quantitative estimate of drug-likeness (QED) is 0.597. The summed E-state index contributed by atoms with van der Waals surface area (Å²) in [6.45, 7) is 5.35. The first-order valence-electron chi connectivity index (χ1n) is 8.83. The highest BCUT2D eigenvalue weighted by Crippen LogP contribution is 2.26. The summed E-state index contributed by atoms with van der Waals surface area (Å²) in [5, 5.41) is 21.5. The summed E-state index contributed by atoms with van der Waals surface area (Å²) in [6.07, 6.45) is 1.09. The molecule has 0 bridgehead atoms. The van der Waals surface area contributed by atoms with Crippen molar-refractivity contribution >= 4 is 30.6 Å². The summed E-state index contributed by atoms with van der Waals surface area (Å²) in [7, 11) is 0. The van der Waals surface area contributed by atoms with Gasteiger partial charge in [-0.05, 0) is 38.1 Å². The van der Waals surface area contributed by atoms with Crippen molar-refractivity contribution in [2.45, 2.75) is 33.0 Å². The van der Waals surface area contributed by atoms with E-state index in [1.54, 1.807) is 12.1 Å². The number of fused-ring (bicyclic) bond motifs is 1. The molecule has 0 fully saturated rings. The number of aryl methyl sites for hydroxylation is 2. The van der Waals surface area contributed by atoms with Gasteiger partial charge in [-0.2, -0.15) is 5.10 Å². The van der Waals surface area contributed by atoms with Crippen LogP contribution in [0.4, 0.5) is 5.82 Å². The second-order valence-electron chi connectivity index (χ2n) is 6.47. The van der Waals surface area contributed by atoms with E-state index in [1.807, 2.05) is 25.1 Å². The Labute approximate surface area is 176 Å². The molecule has 0 saturated heterocycles. The molecular weight excluding hydrogens is 399 g/mol. The number of para-hydroxylation sites is 1. The highest BCUT2D eigenvalue weighted by Gasteiger charge is 2.12. The van der Waals surface area contributed by atoms with Crippen molar-refractivity contribution in [3.8, 4) is 17.1 Å². The SMILES string of the molecule is Cc1cc(NCc2cc3n(n2)CCCNC3)nc(-c2ccccc2O)n1.Cl.Cl. The van der Waals surface area contributed by atoms with E-state index in [4.69, 9.17) is 0 Å².